The SMILES string of the molecule is CN(Cc1ccco1)c1cc2c(cc1N)OCCO2. The molecule has 0 amide bonds. The van der Waals surface area contributed by atoms with Crippen LogP contribution in [0.1, 0.15) is 5.76 Å². The van der Waals surface area contributed by atoms with E-state index in [2.05, 4.69) is 0 Å². The van der Waals surface area contributed by atoms with Crippen LogP contribution in [0.3, 0.4) is 0 Å². The molecule has 0 aliphatic carbocycles. The Morgan fingerprint density at radius 3 is 2.63 bits per heavy atom. The van der Waals surface area contributed by atoms with E-state index in [1.165, 1.54) is 0 Å². The fourth-order valence-electron chi connectivity index (χ4n) is 2.15. The average molecular weight is 260 g/mol. The van der Waals surface area contributed by atoms with Crippen molar-refractivity contribution in [3.8, 4) is 11.5 Å². The predicted molar refractivity (Wildman–Crippen MR) is 72.7 cm³/mol. The van der Waals surface area contributed by atoms with Gasteiger partial charge in [-0.15, -0.1) is 0 Å². The van der Waals surface area contributed by atoms with Gasteiger partial charge in [0.15, 0.2) is 11.5 Å². The molecule has 0 radical (unpaired) electrons. The monoisotopic (exact) mass is 260 g/mol. The second kappa shape index (κ2) is 4.76. The topological polar surface area (TPSA) is 60.9 Å². The summed E-state index contributed by atoms with van der Waals surface area (Å²) in [5.41, 5.74) is 7.64. The summed E-state index contributed by atoms with van der Waals surface area (Å²) < 4.78 is 16.4. The quantitative estimate of drug-likeness (QED) is 0.858. The highest BCUT2D eigenvalue weighted by Crippen LogP contribution is 2.38. The van der Waals surface area contributed by atoms with Crippen LogP contribution in [-0.2, 0) is 6.54 Å². The van der Waals surface area contributed by atoms with Crippen molar-refractivity contribution in [2.45, 2.75) is 6.54 Å². The second-order valence-electron chi connectivity index (χ2n) is 4.49. The molecule has 1 aliphatic heterocycles. The van der Waals surface area contributed by atoms with E-state index in [0.29, 0.717) is 31.2 Å². The van der Waals surface area contributed by atoms with E-state index in [-0.39, 0.29) is 0 Å². The Bertz CT molecular complexity index is 566. The molecule has 5 nitrogen and oxygen atoms in total. The largest absolute Gasteiger partial charge is 0.486 e. The predicted octanol–water partition coefficient (Wildman–Crippen LogP) is 2.27. The maximum Gasteiger partial charge on any atom is 0.163 e. The van der Waals surface area contributed by atoms with Crippen molar-refractivity contribution >= 4 is 11.4 Å². The van der Waals surface area contributed by atoms with Gasteiger partial charge in [0.1, 0.15) is 19.0 Å². The van der Waals surface area contributed by atoms with E-state index in [1.807, 2.05) is 36.2 Å². The summed E-state index contributed by atoms with van der Waals surface area (Å²) >= 11 is 0. The Kier molecular flexibility index (Phi) is 2.95. The summed E-state index contributed by atoms with van der Waals surface area (Å²) in [6, 6.07) is 7.52. The van der Waals surface area contributed by atoms with Gasteiger partial charge in [0.25, 0.3) is 0 Å². The number of nitrogens with zero attached hydrogens (tertiary/aromatic N) is 1. The molecule has 19 heavy (non-hydrogen) atoms. The van der Waals surface area contributed by atoms with Crippen LogP contribution in [0.25, 0.3) is 0 Å². The summed E-state index contributed by atoms with van der Waals surface area (Å²) in [4.78, 5) is 2.02. The highest BCUT2D eigenvalue weighted by Gasteiger charge is 2.17. The molecule has 0 atom stereocenters. The van der Waals surface area contributed by atoms with Gasteiger partial charge in [-0.3, -0.25) is 0 Å². The molecule has 100 valence electrons. The maximum absolute atomic E-state index is 6.07. The minimum Gasteiger partial charge on any atom is -0.486 e. The molecule has 0 unspecified atom stereocenters. The van der Waals surface area contributed by atoms with Crippen molar-refractivity contribution in [3.63, 3.8) is 0 Å². The number of nitrogens with two attached hydrogens (primary N) is 1. The third kappa shape index (κ3) is 2.31. The smallest absolute Gasteiger partial charge is 0.163 e. The zero-order chi connectivity index (χ0) is 13.2. The van der Waals surface area contributed by atoms with E-state index in [9.17, 15) is 0 Å². The fourth-order valence-corrected chi connectivity index (χ4v) is 2.15. The minimum atomic E-state index is 0.564. The molecule has 1 aliphatic rings. The number of rotatable bonds is 3. The number of nitrogen functional groups attached to an aromatic ring is 1. The molecule has 1 aromatic heterocycles. The summed E-state index contributed by atoms with van der Waals surface area (Å²) in [7, 11) is 1.96. The lowest BCUT2D eigenvalue weighted by atomic mass is 10.2. The maximum atomic E-state index is 6.07. The first kappa shape index (κ1) is 11.8. The van der Waals surface area contributed by atoms with Gasteiger partial charge in [0, 0.05) is 19.2 Å². The summed E-state index contributed by atoms with van der Waals surface area (Å²) in [6.07, 6.45) is 1.66. The first-order chi connectivity index (χ1) is 9.24. The first-order valence-electron chi connectivity index (χ1n) is 6.16. The highest BCUT2D eigenvalue weighted by molar-refractivity contribution is 5.73. The van der Waals surface area contributed by atoms with E-state index in [4.69, 9.17) is 19.6 Å². The van der Waals surface area contributed by atoms with Crippen LogP contribution in [0.5, 0.6) is 11.5 Å². The summed E-state index contributed by atoms with van der Waals surface area (Å²) in [6.45, 7) is 1.78. The van der Waals surface area contributed by atoms with Crippen LogP contribution in [0.4, 0.5) is 11.4 Å². The fraction of sp³-hybridized carbons (Fsp3) is 0.286. The lowest BCUT2D eigenvalue weighted by Crippen LogP contribution is -2.20. The van der Waals surface area contributed by atoms with Gasteiger partial charge < -0.3 is 24.5 Å². The Morgan fingerprint density at radius 1 is 1.21 bits per heavy atom. The Morgan fingerprint density at radius 2 is 1.95 bits per heavy atom. The average Bonchev–Trinajstić information content (AvgIpc) is 2.90. The van der Waals surface area contributed by atoms with Crippen LogP contribution >= 0.6 is 0 Å². The number of fused-ring (bicyclic) bond motifs is 1. The van der Waals surface area contributed by atoms with Crippen molar-refractivity contribution < 1.29 is 13.9 Å². The van der Waals surface area contributed by atoms with E-state index >= 15 is 0 Å². The van der Waals surface area contributed by atoms with Gasteiger partial charge in [-0.25, -0.2) is 0 Å². The molecule has 2 N–H and O–H groups in total. The van der Waals surface area contributed by atoms with Crippen molar-refractivity contribution in [2.24, 2.45) is 0 Å². The molecule has 5 heteroatoms. The molecule has 0 fully saturated rings. The second-order valence-corrected chi connectivity index (χ2v) is 4.49. The normalized spacial score (nSPS) is 13.3. The van der Waals surface area contributed by atoms with Gasteiger partial charge in [0.05, 0.1) is 24.2 Å². The zero-order valence-electron chi connectivity index (χ0n) is 10.8. The Balaban J connectivity index is 1.87. The number of hydrogen-bond donors (Lipinski definition) is 1. The third-order valence-corrected chi connectivity index (χ3v) is 3.08. The molecule has 2 aromatic rings. The van der Waals surface area contributed by atoms with E-state index < -0.39 is 0 Å². The number of furan rings is 1. The number of hydrogen-bond acceptors (Lipinski definition) is 5. The van der Waals surface area contributed by atoms with Crippen LogP contribution in [0.2, 0.25) is 0 Å². The molecule has 0 saturated heterocycles. The van der Waals surface area contributed by atoms with E-state index in [0.717, 1.165) is 17.2 Å². The van der Waals surface area contributed by atoms with Crippen molar-refractivity contribution in [1.82, 2.24) is 0 Å². The number of anilines is 2. The molecule has 3 rings (SSSR count). The Hall–Kier alpha value is -2.30. The van der Waals surface area contributed by atoms with Gasteiger partial charge >= 0.3 is 0 Å². The minimum absolute atomic E-state index is 0.564. The molecule has 0 bridgehead atoms. The first-order valence-corrected chi connectivity index (χ1v) is 6.16. The van der Waals surface area contributed by atoms with E-state index in [1.54, 1.807) is 6.26 Å². The molecular formula is C14H16N2O3. The number of benzene rings is 1. The lowest BCUT2D eigenvalue weighted by molar-refractivity contribution is 0.172. The van der Waals surface area contributed by atoms with Gasteiger partial charge in [-0.05, 0) is 12.1 Å². The van der Waals surface area contributed by atoms with Crippen LogP contribution in [0, 0.1) is 0 Å². The van der Waals surface area contributed by atoms with Gasteiger partial charge in [0.2, 0.25) is 0 Å². The third-order valence-electron chi connectivity index (χ3n) is 3.08. The lowest BCUT2D eigenvalue weighted by Gasteiger charge is -2.24. The molecule has 0 spiro atoms. The highest BCUT2D eigenvalue weighted by atomic mass is 16.6. The standard InChI is InChI=1S/C14H16N2O3/c1-16(9-10-3-2-4-17-10)12-8-14-13(7-11(12)15)18-5-6-19-14/h2-4,7-8H,5-6,9,15H2,1H3. The van der Waals surface area contributed by atoms with Crippen molar-refractivity contribution in [2.75, 3.05) is 30.9 Å². The Labute approximate surface area is 111 Å². The van der Waals surface area contributed by atoms with Crippen LogP contribution in [0.15, 0.2) is 34.9 Å². The van der Waals surface area contributed by atoms with Crippen molar-refractivity contribution in [3.05, 3.63) is 36.3 Å². The van der Waals surface area contributed by atoms with Gasteiger partial charge in [-0.1, -0.05) is 0 Å². The summed E-state index contributed by atoms with van der Waals surface area (Å²) in [5.74, 6) is 2.33. The van der Waals surface area contributed by atoms with Crippen LogP contribution in [-0.4, -0.2) is 20.3 Å². The zero-order valence-corrected chi connectivity index (χ0v) is 10.8. The summed E-state index contributed by atoms with van der Waals surface area (Å²) in [5, 5.41) is 0. The molecular weight excluding hydrogens is 244 g/mol. The van der Waals surface area contributed by atoms with Gasteiger partial charge in [-0.2, -0.15) is 0 Å². The molecule has 2 heterocycles. The van der Waals surface area contributed by atoms with Crippen molar-refractivity contribution in [1.29, 1.82) is 0 Å². The molecule has 1 aromatic carbocycles. The number of ether oxygens (including phenoxy) is 2. The van der Waals surface area contributed by atoms with Crippen LogP contribution < -0.4 is 20.1 Å². The molecule has 0 saturated carbocycles.